The molecule has 1 N–H and O–H groups in total. The number of carboxylic acid groups (broad SMARTS) is 1. The van der Waals surface area contributed by atoms with Crippen molar-refractivity contribution in [2.75, 3.05) is 0 Å². The van der Waals surface area contributed by atoms with Crippen LogP contribution in [0.1, 0.15) is 25.3 Å². The molecule has 2 rings (SSSR count). The predicted octanol–water partition coefficient (Wildman–Crippen LogP) is 2.78. The van der Waals surface area contributed by atoms with Crippen LogP contribution in [0.15, 0.2) is 24.3 Å². The highest BCUT2D eigenvalue weighted by Gasteiger charge is 2.34. The highest BCUT2D eigenvalue weighted by atomic mass is 35.5. The molecule has 0 radical (unpaired) electrons. The van der Waals surface area contributed by atoms with Gasteiger partial charge in [-0.05, 0) is 37.5 Å². The number of halogens is 1. The van der Waals surface area contributed by atoms with Crippen LogP contribution in [-0.4, -0.2) is 28.1 Å². The predicted molar refractivity (Wildman–Crippen MR) is 67.1 cm³/mol. The number of aliphatic carboxylic acids is 1. The second-order valence-electron chi connectivity index (χ2n) is 4.55. The lowest BCUT2D eigenvalue weighted by Crippen LogP contribution is -2.39. The van der Waals surface area contributed by atoms with Crippen LogP contribution >= 0.6 is 11.6 Å². The summed E-state index contributed by atoms with van der Waals surface area (Å²) in [6.07, 6.45) is 2.19. The average Bonchev–Trinajstić information content (AvgIpc) is 3.09. The van der Waals surface area contributed by atoms with Gasteiger partial charge in [-0.15, -0.1) is 0 Å². The van der Waals surface area contributed by atoms with Crippen LogP contribution < -0.4 is 0 Å². The Bertz CT molecular complexity index is 418. The lowest BCUT2D eigenvalue weighted by molar-refractivity contribution is -0.143. The summed E-state index contributed by atoms with van der Waals surface area (Å²) in [4.78, 5) is 13.1. The van der Waals surface area contributed by atoms with E-state index in [1.807, 2.05) is 29.2 Å². The zero-order valence-electron chi connectivity index (χ0n) is 9.77. The Morgan fingerprint density at radius 3 is 2.82 bits per heavy atom. The summed E-state index contributed by atoms with van der Waals surface area (Å²) >= 11 is 5.93. The minimum Gasteiger partial charge on any atom is -0.480 e. The first-order valence-corrected chi connectivity index (χ1v) is 6.18. The molecule has 1 aromatic rings. The lowest BCUT2D eigenvalue weighted by Gasteiger charge is -2.26. The Labute approximate surface area is 106 Å². The number of hydrogen-bond acceptors (Lipinski definition) is 2. The molecule has 92 valence electrons. The Balaban J connectivity index is 2.10. The fourth-order valence-electron chi connectivity index (χ4n) is 1.98. The summed E-state index contributed by atoms with van der Waals surface area (Å²) in [5, 5.41) is 9.79. The van der Waals surface area contributed by atoms with Gasteiger partial charge in [0.1, 0.15) is 6.04 Å². The third kappa shape index (κ3) is 3.20. The van der Waals surface area contributed by atoms with Gasteiger partial charge in [-0.25, -0.2) is 0 Å². The van der Waals surface area contributed by atoms with Crippen molar-refractivity contribution in [3.05, 3.63) is 34.9 Å². The molecule has 0 spiro atoms. The fourth-order valence-corrected chi connectivity index (χ4v) is 2.19. The molecule has 0 heterocycles. The maximum atomic E-state index is 11.1. The fraction of sp³-hybridized carbons (Fsp3) is 0.462. The number of benzene rings is 1. The van der Waals surface area contributed by atoms with Gasteiger partial charge >= 0.3 is 5.97 Å². The molecule has 0 saturated heterocycles. The minimum absolute atomic E-state index is 0.417. The van der Waals surface area contributed by atoms with E-state index in [0.29, 0.717) is 17.6 Å². The molecule has 1 saturated carbocycles. The standard InChI is InChI=1S/C13H16ClNO2/c1-9(13(16)17)15(12-5-6-12)8-10-3-2-4-11(14)7-10/h2-4,7,9,12H,5-6,8H2,1H3,(H,16,17). The Morgan fingerprint density at radius 2 is 2.29 bits per heavy atom. The van der Waals surface area contributed by atoms with Gasteiger partial charge in [-0.2, -0.15) is 0 Å². The van der Waals surface area contributed by atoms with Crippen molar-refractivity contribution >= 4 is 17.6 Å². The second kappa shape index (κ2) is 5.07. The molecule has 1 aliphatic carbocycles. The molecule has 3 nitrogen and oxygen atoms in total. The van der Waals surface area contributed by atoms with Crippen molar-refractivity contribution in [3.63, 3.8) is 0 Å². The Morgan fingerprint density at radius 1 is 1.59 bits per heavy atom. The van der Waals surface area contributed by atoms with Gasteiger partial charge in [0.15, 0.2) is 0 Å². The molecule has 1 aromatic carbocycles. The molecule has 1 fully saturated rings. The van der Waals surface area contributed by atoms with Crippen LogP contribution in [0.4, 0.5) is 0 Å². The van der Waals surface area contributed by atoms with Gasteiger partial charge in [0.25, 0.3) is 0 Å². The van der Waals surface area contributed by atoms with Crippen LogP contribution in [0.2, 0.25) is 5.02 Å². The van der Waals surface area contributed by atoms with E-state index in [0.717, 1.165) is 18.4 Å². The number of rotatable bonds is 5. The Kier molecular flexibility index (Phi) is 3.69. The number of carboxylic acids is 1. The van der Waals surface area contributed by atoms with Gasteiger partial charge in [-0.3, -0.25) is 9.69 Å². The summed E-state index contributed by atoms with van der Waals surface area (Å²) in [7, 11) is 0. The summed E-state index contributed by atoms with van der Waals surface area (Å²) in [6.45, 7) is 2.39. The monoisotopic (exact) mass is 253 g/mol. The number of nitrogens with zero attached hydrogens (tertiary/aromatic N) is 1. The first-order chi connectivity index (χ1) is 8.08. The minimum atomic E-state index is -0.765. The summed E-state index contributed by atoms with van der Waals surface area (Å²) in [5.74, 6) is -0.765. The summed E-state index contributed by atoms with van der Waals surface area (Å²) in [5.41, 5.74) is 1.07. The first kappa shape index (κ1) is 12.4. The van der Waals surface area contributed by atoms with Crippen LogP contribution in [0.25, 0.3) is 0 Å². The van der Waals surface area contributed by atoms with Crippen LogP contribution in [-0.2, 0) is 11.3 Å². The maximum Gasteiger partial charge on any atom is 0.320 e. The van der Waals surface area contributed by atoms with Crippen LogP contribution in [0.5, 0.6) is 0 Å². The first-order valence-electron chi connectivity index (χ1n) is 5.81. The van der Waals surface area contributed by atoms with Crippen molar-refractivity contribution in [1.82, 2.24) is 4.90 Å². The maximum absolute atomic E-state index is 11.1. The van der Waals surface area contributed by atoms with Crippen LogP contribution in [0.3, 0.4) is 0 Å². The highest BCUT2D eigenvalue weighted by molar-refractivity contribution is 6.30. The quantitative estimate of drug-likeness (QED) is 0.877. The molecule has 0 aromatic heterocycles. The molecule has 17 heavy (non-hydrogen) atoms. The van der Waals surface area contributed by atoms with Crippen molar-refractivity contribution in [2.45, 2.75) is 38.4 Å². The number of carbonyl (C=O) groups is 1. The zero-order valence-corrected chi connectivity index (χ0v) is 10.5. The van der Waals surface area contributed by atoms with E-state index in [9.17, 15) is 4.79 Å². The third-order valence-corrected chi connectivity index (χ3v) is 3.36. The molecule has 1 atom stereocenters. The third-order valence-electron chi connectivity index (χ3n) is 3.12. The van der Waals surface area contributed by atoms with Gasteiger partial charge < -0.3 is 5.11 Å². The van der Waals surface area contributed by atoms with E-state index in [1.165, 1.54) is 0 Å². The highest BCUT2D eigenvalue weighted by Crippen LogP contribution is 2.30. The van der Waals surface area contributed by atoms with Crippen LogP contribution in [0, 0.1) is 0 Å². The van der Waals surface area contributed by atoms with Gasteiger partial charge in [0, 0.05) is 17.6 Å². The van der Waals surface area contributed by atoms with Gasteiger partial charge in [0.2, 0.25) is 0 Å². The summed E-state index contributed by atoms with van der Waals surface area (Å²) < 4.78 is 0. The van der Waals surface area contributed by atoms with Gasteiger partial charge in [-0.1, -0.05) is 23.7 Å². The van der Waals surface area contributed by atoms with E-state index >= 15 is 0 Å². The molecule has 0 amide bonds. The van der Waals surface area contributed by atoms with E-state index in [-0.39, 0.29) is 0 Å². The lowest BCUT2D eigenvalue weighted by atomic mass is 10.1. The zero-order chi connectivity index (χ0) is 12.4. The topological polar surface area (TPSA) is 40.5 Å². The smallest absolute Gasteiger partial charge is 0.320 e. The normalized spacial score (nSPS) is 17.1. The molecule has 1 aliphatic rings. The van der Waals surface area contributed by atoms with Crippen molar-refractivity contribution in [1.29, 1.82) is 0 Å². The average molecular weight is 254 g/mol. The van der Waals surface area contributed by atoms with E-state index in [4.69, 9.17) is 16.7 Å². The van der Waals surface area contributed by atoms with Gasteiger partial charge in [0.05, 0.1) is 0 Å². The van der Waals surface area contributed by atoms with E-state index in [1.54, 1.807) is 6.92 Å². The Hall–Kier alpha value is -1.06. The molecular formula is C13H16ClNO2. The largest absolute Gasteiger partial charge is 0.480 e. The van der Waals surface area contributed by atoms with Crippen molar-refractivity contribution < 1.29 is 9.90 Å². The van der Waals surface area contributed by atoms with E-state index in [2.05, 4.69) is 0 Å². The van der Waals surface area contributed by atoms with Crippen molar-refractivity contribution in [2.24, 2.45) is 0 Å². The SMILES string of the molecule is CC(C(=O)O)N(Cc1cccc(Cl)c1)C1CC1. The second-order valence-corrected chi connectivity index (χ2v) is 4.98. The van der Waals surface area contributed by atoms with Crippen molar-refractivity contribution in [3.8, 4) is 0 Å². The molecule has 1 unspecified atom stereocenters. The molecular weight excluding hydrogens is 238 g/mol. The number of hydrogen-bond donors (Lipinski definition) is 1. The molecule has 0 bridgehead atoms. The summed E-state index contributed by atoms with van der Waals surface area (Å²) in [6, 6.07) is 7.57. The molecule has 0 aliphatic heterocycles. The van der Waals surface area contributed by atoms with E-state index < -0.39 is 12.0 Å². The molecule has 4 heteroatoms.